The van der Waals surface area contributed by atoms with Crippen molar-refractivity contribution < 1.29 is 0 Å². The Hall–Kier alpha value is -2.43. The standard InChI is InChI=1S/C14H17N5/c1-3-19(11-6-4-10(2)5-7-11)14-17-9-8-12(18-14)13(15)16/h4-9H,3H2,1-2H3,(H3,15,16). The summed E-state index contributed by atoms with van der Waals surface area (Å²) in [5.74, 6) is 0.502. The van der Waals surface area contributed by atoms with Gasteiger partial charge in [0.2, 0.25) is 5.95 Å². The van der Waals surface area contributed by atoms with Crippen molar-refractivity contribution in [3.05, 3.63) is 47.8 Å². The zero-order valence-electron chi connectivity index (χ0n) is 11.1. The molecule has 0 aliphatic heterocycles. The topological polar surface area (TPSA) is 78.9 Å². The SMILES string of the molecule is CCN(c1ccc(C)cc1)c1nccc(C(=N)N)n1. The molecular weight excluding hydrogens is 238 g/mol. The number of amidine groups is 1. The molecule has 5 nitrogen and oxygen atoms in total. The number of nitrogen functional groups attached to an aromatic ring is 1. The van der Waals surface area contributed by atoms with Crippen LogP contribution < -0.4 is 10.6 Å². The molecule has 0 spiro atoms. The Morgan fingerprint density at radius 1 is 1.26 bits per heavy atom. The van der Waals surface area contributed by atoms with Gasteiger partial charge >= 0.3 is 0 Å². The molecule has 0 aliphatic rings. The molecule has 0 amide bonds. The first-order valence-corrected chi connectivity index (χ1v) is 6.13. The van der Waals surface area contributed by atoms with Gasteiger partial charge in [-0.2, -0.15) is 0 Å². The van der Waals surface area contributed by atoms with Crippen LogP contribution in [0.4, 0.5) is 11.6 Å². The van der Waals surface area contributed by atoms with Gasteiger partial charge in [-0.25, -0.2) is 9.97 Å². The number of hydrogen-bond acceptors (Lipinski definition) is 4. The third kappa shape index (κ3) is 2.88. The summed E-state index contributed by atoms with van der Waals surface area (Å²) in [6, 6.07) is 9.79. The molecule has 0 fully saturated rings. The van der Waals surface area contributed by atoms with Crippen molar-refractivity contribution in [3.8, 4) is 0 Å². The molecule has 1 aromatic carbocycles. The van der Waals surface area contributed by atoms with Gasteiger partial charge in [0, 0.05) is 18.4 Å². The van der Waals surface area contributed by atoms with Gasteiger partial charge in [-0.1, -0.05) is 17.7 Å². The number of benzene rings is 1. The van der Waals surface area contributed by atoms with Gasteiger partial charge in [-0.15, -0.1) is 0 Å². The van der Waals surface area contributed by atoms with E-state index in [1.165, 1.54) is 5.56 Å². The van der Waals surface area contributed by atoms with Crippen molar-refractivity contribution >= 4 is 17.5 Å². The third-order valence-corrected chi connectivity index (χ3v) is 2.82. The van der Waals surface area contributed by atoms with Crippen LogP contribution >= 0.6 is 0 Å². The van der Waals surface area contributed by atoms with E-state index in [4.69, 9.17) is 11.1 Å². The van der Waals surface area contributed by atoms with Crippen LogP contribution in [0.1, 0.15) is 18.2 Å². The van der Waals surface area contributed by atoms with Crippen LogP contribution in [-0.2, 0) is 0 Å². The number of nitrogens with two attached hydrogens (primary N) is 1. The first kappa shape index (κ1) is 13.0. The van der Waals surface area contributed by atoms with Crippen LogP contribution in [0.2, 0.25) is 0 Å². The van der Waals surface area contributed by atoms with Crippen LogP contribution in [0.25, 0.3) is 0 Å². The van der Waals surface area contributed by atoms with E-state index in [0.29, 0.717) is 11.6 Å². The van der Waals surface area contributed by atoms with Crippen molar-refractivity contribution in [3.63, 3.8) is 0 Å². The maximum absolute atomic E-state index is 7.43. The fraction of sp³-hybridized carbons (Fsp3) is 0.214. The van der Waals surface area contributed by atoms with Crippen LogP contribution in [0.3, 0.4) is 0 Å². The number of nitrogens with one attached hydrogen (secondary N) is 1. The van der Waals surface area contributed by atoms with Crippen molar-refractivity contribution in [1.82, 2.24) is 9.97 Å². The monoisotopic (exact) mass is 255 g/mol. The van der Waals surface area contributed by atoms with E-state index in [0.717, 1.165) is 12.2 Å². The van der Waals surface area contributed by atoms with E-state index in [-0.39, 0.29) is 5.84 Å². The summed E-state index contributed by atoms with van der Waals surface area (Å²) in [6.45, 7) is 4.82. The Balaban J connectivity index is 2.39. The Morgan fingerprint density at radius 2 is 1.95 bits per heavy atom. The second-order valence-corrected chi connectivity index (χ2v) is 4.24. The Bertz CT molecular complexity index is 577. The molecular formula is C14H17N5. The summed E-state index contributed by atoms with van der Waals surface area (Å²) < 4.78 is 0. The third-order valence-electron chi connectivity index (χ3n) is 2.82. The first-order chi connectivity index (χ1) is 9.11. The van der Waals surface area contributed by atoms with Gasteiger partial charge in [0.1, 0.15) is 11.5 Å². The summed E-state index contributed by atoms with van der Waals surface area (Å²) in [4.78, 5) is 10.5. The predicted octanol–water partition coefficient (Wildman–Crippen LogP) is 2.23. The minimum absolute atomic E-state index is 0.0522. The molecule has 1 aromatic heterocycles. The summed E-state index contributed by atoms with van der Waals surface area (Å²) in [6.07, 6.45) is 1.62. The molecule has 0 unspecified atom stereocenters. The molecule has 1 heterocycles. The summed E-state index contributed by atoms with van der Waals surface area (Å²) in [7, 11) is 0. The minimum Gasteiger partial charge on any atom is -0.382 e. The lowest BCUT2D eigenvalue weighted by Gasteiger charge is -2.21. The molecule has 0 saturated heterocycles. The van der Waals surface area contributed by atoms with Crippen molar-refractivity contribution in [2.45, 2.75) is 13.8 Å². The fourth-order valence-corrected chi connectivity index (χ4v) is 1.79. The largest absolute Gasteiger partial charge is 0.382 e. The molecule has 0 bridgehead atoms. The van der Waals surface area contributed by atoms with Crippen molar-refractivity contribution in [1.29, 1.82) is 5.41 Å². The summed E-state index contributed by atoms with van der Waals surface area (Å²) in [5, 5.41) is 7.43. The second-order valence-electron chi connectivity index (χ2n) is 4.24. The smallest absolute Gasteiger partial charge is 0.230 e. The van der Waals surface area contributed by atoms with E-state index in [1.807, 2.05) is 43.0 Å². The quantitative estimate of drug-likeness (QED) is 0.648. The average molecular weight is 255 g/mol. The second kappa shape index (κ2) is 5.48. The lowest BCUT2D eigenvalue weighted by Crippen LogP contribution is -2.21. The molecule has 0 saturated carbocycles. The highest BCUT2D eigenvalue weighted by Gasteiger charge is 2.11. The number of hydrogen-bond donors (Lipinski definition) is 2. The van der Waals surface area contributed by atoms with Gasteiger partial charge in [0.25, 0.3) is 0 Å². The van der Waals surface area contributed by atoms with E-state index in [9.17, 15) is 0 Å². The Labute approximate surface area is 112 Å². The maximum atomic E-state index is 7.43. The van der Waals surface area contributed by atoms with E-state index < -0.39 is 0 Å². The Morgan fingerprint density at radius 3 is 2.53 bits per heavy atom. The average Bonchev–Trinajstić information content (AvgIpc) is 2.42. The summed E-state index contributed by atoms with van der Waals surface area (Å²) in [5.41, 5.74) is 8.13. The molecule has 2 aromatic rings. The number of aromatic nitrogens is 2. The van der Waals surface area contributed by atoms with E-state index in [1.54, 1.807) is 12.3 Å². The molecule has 19 heavy (non-hydrogen) atoms. The van der Waals surface area contributed by atoms with Gasteiger partial charge in [-0.05, 0) is 32.0 Å². The molecule has 3 N–H and O–H groups in total. The Kier molecular flexibility index (Phi) is 3.75. The molecule has 2 rings (SSSR count). The zero-order chi connectivity index (χ0) is 13.8. The number of aryl methyl sites for hydroxylation is 1. The molecule has 98 valence electrons. The maximum Gasteiger partial charge on any atom is 0.230 e. The lowest BCUT2D eigenvalue weighted by molar-refractivity contribution is 0.941. The highest BCUT2D eigenvalue weighted by atomic mass is 15.2. The van der Waals surface area contributed by atoms with Crippen molar-refractivity contribution in [2.24, 2.45) is 5.73 Å². The molecule has 0 radical (unpaired) electrons. The van der Waals surface area contributed by atoms with Crippen molar-refractivity contribution in [2.75, 3.05) is 11.4 Å². The van der Waals surface area contributed by atoms with Gasteiger partial charge in [0.05, 0.1) is 0 Å². The first-order valence-electron chi connectivity index (χ1n) is 6.13. The van der Waals surface area contributed by atoms with Gasteiger partial charge < -0.3 is 10.6 Å². The van der Waals surface area contributed by atoms with Crippen LogP contribution in [0.5, 0.6) is 0 Å². The van der Waals surface area contributed by atoms with Crippen LogP contribution in [0, 0.1) is 12.3 Å². The summed E-state index contributed by atoms with van der Waals surface area (Å²) >= 11 is 0. The predicted molar refractivity (Wildman–Crippen MR) is 76.9 cm³/mol. The highest BCUT2D eigenvalue weighted by molar-refractivity contribution is 5.93. The molecule has 0 aliphatic carbocycles. The zero-order valence-corrected chi connectivity index (χ0v) is 11.1. The highest BCUT2D eigenvalue weighted by Crippen LogP contribution is 2.21. The van der Waals surface area contributed by atoms with E-state index in [2.05, 4.69) is 9.97 Å². The number of rotatable bonds is 4. The molecule has 0 atom stereocenters. The van der Waals surface area contributed by atoms with Crippen LogP contribution in [-0.4, -0.2) is 22.3 Å². The number of anilines is 2. The normalized spacial score (nSPS) is 10.2. The fourth-order valence-electron chi connectivity index (χ4n) is 1.79. The van der Waals surface area contributed by atoms with Gasteiger partial charge in [-0.3, -0.25) is 5.41 Å². The molecule has 5 heteroatoms. The van der Waals surface area contributed by atoms with E-state index >= 15 is 0 Å². The lowest BCUT2D eigenvalue weighted by atomic mass is 10.2. The van der Waals surface area contributed by atoms with Crippen LogP contribution in [0.15, 0.2) is 36.5 Å². The van der Waals surface area contributed by atoms with Gasteiger partial charge in [0.15, 0.2) is 0 Å². The number of nitrogens with zero attached hydrogens (tertiary/aromatic N) is 3. The minimum atomic E-state index is -0.0522.